The third-order valence-corrected chi connectivity index (χ3v) is 4.09. The molecule has 118 valence electrons. The largest absolute Gasteiger partial charge is 0.491 e. The Morgan fingerprint density at radius 2 is 1.46 bits per heavy atom. The molecule has 0 saturated heterocycles. The summed E-state index contributed by atoms with van der Waals surface area (Å²) in [5.74, 6) is 0.881. The van der Waals surface area contributed by atoms with Gasteiger partial charge in [-0.25, -0.2) is 4.98 Å². The minimum absolute atomic E-state index is 0.149. The Morgan fingerprint density at radius 3 is 2.25 bits per heavy atom. The highest BCUT2D eigenvalue weighted by atomic mass is 16.5. The topological polar surface area (TPSA) is 22.1 Å². The number of benzene rings is 3. The predicted octanol–water partition coefficient (Wildman–Crippen LogP) is 5.84. The summed E-state index contributed by atoms with van der Waals surface area (Å²) in [7, 11) is 0. The standard InChI is InChI=1S/C22H19NO/c1-15(2)24-17-12-13-21-19(14-17)22(16-8-4-3-5-9-16)18-10-6-7-11-20(18)23-21/h3-15H,1-2H3. The van der Waals surface area contributed by atoms with Crippen LogP contribution in [0.5, 0.6) is 5.75 Å². The predicted molar refractivity (Wildman–Crippen MR) is 100 cm³/mol. The molecule has 0 radical (unpaired) electrons. The maximum absolute atomic E-state index is 5.90. The van der Waals surface area contributed by atoms with Gasteiger partial charge in [0.2, 0.25) is 0 Å². The van der Waals surface area contributed by atoms with E-state index in [0.717, 1.165) is 27.6 Å². The lowest BCUT2D eigenvalue weighted by atomic mass is 9.96. The van der Waals surface area contributed by atoms with Crippen LogP contribution in [-0.4, -0.2) is 11.1 Å². The van der Waals surface area contributed by atoms with Gasteiger partial charge in [-0.15, -0.1) is 0 Å². The molecule has 0 bridgehead atoms. The van der Waals surface area contributed by atoms with E-state index in [0.29, 0.717) is 0 Å². The van der Waals surface area contributed by atoms with E-state index >= 15 is 0 Å². The van der Waals surface area contributed by atoms with E-state index in [1.165, 1.54) is 11.1 Å². The zero-order valence-corrected chi connectivity index (χ0v) is 13.9. The van der Waals surface area contributed by atoms with Crippen molar-refractivity contribution in [3.05, 3.63) is 72.8 Å². The van der Waals surface area contributed by atoms with Gasteiger partial charge in [-0.1, -0.05) is 48.5 Å². The number of hydrogen-bond acceptors (Lipinski definition) is 2. The van der Waals surface area contributed by atoms with Crippen LogP contribution in [0.1, 0.15) is 13.8 Å². The van der Waals surface area contributed by atoms with Gasteiger partial charge in [0.25, 0.3) is 0 Å². The van der Waals surface area contributed by atoms with Crippen molar-refractivity contribution in [2.45, 2.75) is 20.0 Å². The first-order valence-corrected chi connectivity index (χ1v) is 8.27. The third-order valence-electron chi connectivity index (χ3n) is 4.09. The molecule has 0 atom stereocenters. The summed E-state index contributed by atoms with van der Waals surface area (Å²) in [5, 5.41) is 2.29. The summed E-state index contributed by atoms with van der Waals surface area (Å²) in [6, 6.07) is 25.0. The molecule has 0 aliphatic carbocycles. The maximum atomic E-state index is 5.90. The summed E-state index contributed by atoms with van der Waals surface area (Å²) in [4.78, 5) is 4.83. The normalized spacial score (nSPS) is 11.3. The van der Waals surface area contributed by atoms with Gasteiger partial charge in [-0.2, -0.15) is 0 Å². The molecule has 2 heteroatoms. The molecule has 2 nitrogen and oxygen atoms in total. The number of ether oxygens (including phenoxy) is 1. The SMILES string of the molecule is CC(C)Oc1ccc2nc3ccccc3c(-c3ccccc3)c2c1. The number of nitrogens with zero attached hydrogens (tertiary/aromatic N) is 1. The molecule has 0 amide bonds. The first-order valence-electron chi connectivity index (χ1n) is 8.27. The van der Waals surface area contributed by atoms with Crippen molar-refractivity contribution >= 4 is 21.8 Å². The van der Waals surface area contributed by atoms with Gasteiger partial charge in [0.15, 0.2) is 0 Å². The lowest BCUT2D eigenvalue weighted by Crippen LogP contribution is -2.05. The van der Waals surface area contributed by atoms with Crippen molar-refractivity contribution in [3.63, 3.8) is 0 Å². The third kappa shape index (κ3) is 2.61. The van der Waals surface area contributed by atoms with E-state index in [-0.39, 0.29) is 6.10 Å². The number of hydrogen-bond donors (Lipinski definition) is 0. The van der Waals surface area contributed by atoms with E-state index in [4.69, 9.17) is 9.72 Å². The summed E-state index contributed by atoms with van der Waals surface area (Å²) >= 11 is 0. The van der Waals surface area contributed by atoms with Crippen LogP contribution in [0.4, 0.5) is 0 Å². The molecule has 0 N–H and O–H groups in total. The molecule has 3 aromatic carbocycles. The Hall–Kier alpha value is -2.87. The molecular formula is C22H19NO. The van der Waals surface area contributed by atoms with E-state index in [2.05, 4.69) is 48.5 Å². The average Bonchev–Trinajstić information content (AvgIpc) is 2.60. The molecule has 0 saturated carbocycles. The fourth-order valence-electron chi connectivity index (χ4n) is 3.13. The monoisotopic (exact) mass is 313 g/mol. The van der Waals surface area contributed by atoms with Crippen molar-refractivity contribution in [1.82, 2.24) is 4.98 Å². The van der Waals surface area contributed by atoms with E-state index in [1.807, 2.05) is 38.1 Å². The Bertz CT molecular complexity index is 1010. The van der Waals surface area contributed by atoms with Crippen LogP contribution in [-0.2, 0) is 0 Å². The second-order valence-electron chi connectivity index (χ2n) is 6.22. The molecule has 0 fully saturated rings. The van der Waals surface area contributed by atoms with Crippen LogP contribution in [0.2, 0.25) is 0 Å². The van der Waals surface area contributed by atoms with Gasteiger partial charge in [0.1, 0.15) is 5.75 Å². The minimum atomic E-state index is 0.149. The molecule has 24 heavy (non-hydrogen) atoms. The smallest absolute Gasteiger partial charge is 0.120 e. The quantitative estimate of drug-likeness (QED) is 0.443. The summed E-state index contributed by atoms with van der Waals surface area (Å²) < 4.78 is 5.90. The van der Waals surface area contributed by atoms with Crippen LogP contribution in [0.15, 0.2) is 72.8 Å². The van der Waals surface area contributed by atoms with Crippen molar-refractivity contribution < 1.29 is 4.74 Å². The second kappa shape index (κ2) is 5.97. The fraction of sp³-hybridized carbons (Fsp3) is 0.136. The summed E-state index contributed by atoms with van der Waals surface area (Å²) in [6.07, 6.45) is 0.149. The lowest BCUT2D eigenvalue weighted by Gasteiger charge is -2.14. The fourth-order valence-corrected chi connectivity index (χ4v) is 3.13. The van der Waals surface area contributed by atoms with E-state index in [1.54, 1.807) is 0 Å². The average molecular weight is 313 g/mol. The second-order valence-corrected chi connectivity index (χ2v) is 6.22. The van der Waals surface area contributed by atoms with Gasteiger partial charge < -0.3 is 4.74 Å². The van der Waals surface area contributed by atoms with Crippen LogP contribution in [0.25, 0.3) is 32.9 Å². The molecule has 0 unspecified atom stereocenters. The minimum Gasteiger partial charge on any atom is -0.491 e. The highest BCUT2D eigenvalue weighted by Gasteiger charge is 2.12. The molecule has 4 rings (SSSR count). The number of aromatic nitrogens is 1. The Morgan fingerprint density at radius 1 is 0.750 bits per heavy atom. The lowest BCUT2D eigenvalue weighted by molar-refractivity contribution is 0.243. The van der Waals surface area contributed by atoms with Crippen LogP contribution < -0.4 is 4.74 Å². The van der Waals surface area contributed by atoms with Crippen molar-refractivity contribution in [1.29, 1.82) is 0 Å². The van der Waals surface area contributed by atoms with Crippen molar-refractivity contribution in [2.75, 3.05) is 0 Å². The van der Waals surface area contributed by atoms with Crippen LogP contribution >= 0.6 is 0 Å². The molecule has 0 spiro atoms. The molecule has 0 aliphatic rings. The van der Waals surface area contributed by atoms with Gasteiger partial charge in [0, 0.05) is 16.3 Å². The Kier molecular flexibility index (Phi) is 3.66. The van der Waals surface area contributed by atoms with Gasteiger partial charge in [0.05, 0.1) is 17.1 Å². The number of pyridine rings is 1. The van der Waals surface area contributed by atoms with Crippen molar-refractivity contribution in [3.8, 4) is 16.9 Å². The van der Waals surface area contributed by atoms with E-state index in [9.17, 15) is 0 Å². The van der Waals surface area contributed by atoms with Gasteiger partial charge in [-0.05, 0) is 43.7 Å². The number of fused-ring (bicyclic) bond motifs is 2. The highest BCUT2D eigenvalue weighted by Crippen LogP contribution is 2.36. The maximum Gasteiger partial charge on any atom is 0.120 e. The first kappa shape index (κ1) is 14.7. The first-order chi connectivity index (χ1) is 11.7. The summed E-state index contributed by atoms with van der Waals surface area (Å²) in [5.41, 5.74) is 4.42. The Balaban J connectivity index is 2.08. The highest BCUT2D eigenvalue weighted by molar-refractivity contribution is 6.09. The molecule has 1 heterocycles. The van der Waals surface area contributed by atoms with Crippen LogP contribution in [0, 0.1) is 0 Å². The summed E-state index contributed by atoms with van der Waals surface area (Å²) in [6.45, 7) is 4.09. The number of para-hydroxylation sites is 1. The zero-order valence-electron chi connectivity index (χ0n) is 13.9. The van der Waals surface area contributed by atoms with Gasteiger partial charge >= 0.3 is 0 Å². The Labute approximate surface area is 141 Å². The van der Waals surface area contributed by atoms with Gasteiger partial charge in [-0.3, -0.25) is 0 Å². The molecule has 1 aromatic heterocycles. The number of rotatable bonds is 3. The zero-order chi connectivity index (χ0) is 16.5. The molecule has 0 aliphatic heterocycles. The van der Waals surface area contributed by atoms with E-state index < -0.39 is 0 Å². The van der Waals surface area contributed by atoms with Crippen LogP contribution in [0.3, 0.4) is 0 Å². The molecular weight excluding hydrogens is 294 g/mol. The molecule has 4 aromatic rings. The van der Waals surface area contributed by atoms with Crippen molar-refractivity contribution in [2.24, 2.45) is 0 Å².